The van der Waals surface area contributed by atoms with Crippen LogP contribution >= 0.6 is 0 Å². The van der Waals surface area contributed by atoms with E-state index in [1.807, 2.05) is 12.2 Å². The van der Waals surface area contributed by atoms with E-state index >= 15 is 0 Å². The zero-order chi connectivity index (χ0) is 22.3. The van der Waals surface area contributed by atoms with Gasteiger partial charge in [-0.2, -0.15) is 0 Å². The van der Waals surface area contributed by atoms with Gasteiger partial charge >= 0.3 is 5.97 Å². The summed E-state index contributed by atoms with van der Waals surface area (Å²) in [7, 11) is 0. The zero-order valence-corrected chi connectivity index (χ0v) is 17.1. The Morgan fingerprint density at radius 2 is 1.87 bits per heavy atom. The van der Waals surface area contributed by atoms with Gasteiger partial charge in [0, 0.05) is 5.69 Å². The lowest BCUT2D eigenvalue weighted by atomic mass is 9.77. The molecule has 31 heavy (non-hydrogen) atoms. The van der Waals surface area contributed by atoms with Crippen LogP contribution in [0, 0.1) is 5.41 Å². The second-order valence-electron chi connectivity index (χ2n) is 7.41. The maximum Gasteiger partial charge on any atom is 0.313 e. The van der Waals surface area contributed by atoms with Crippen molar-refractivity contribution in [1.29, 1.82) is 0 Å². The van der Waals surface area contributed by atoms with E-state index in [1.165, 1.54) is 4.57 Å². The fourth-order valence-corrected chi connectivity index (χ4v) is 3.73. The smallest absolute Gasteiger partial charge is 0.313 e. The summed E-state index contributed by atoms with van der Waals surface area (Å²) in [4.78, 5) is 15.5. The van der Waals surface area contributed by atoms with Crippen LogP contribution in [0.3, 0.4) is 0 Å². The highest BCUT2D eigenvalue weighted by molar-refractivity contribution is 5.77. The summed E-state index contributed by atoms with van der Waals surface area (Å²) in [5, 5.41) is 9.54. The van der Waals surface area contributed by atoms with Crippen molar-refractivity contribution in [2.75, 3.05) is 6.61 Å². The second kappa shape index (κ2) is 10.3. The first-order valence-electron chi connectivity index (χ1n) is 10.1. The molecular weight excluding hydrogens is 409 g/mol. The van der Waals surface area contributed by atoms with E-state index in [0.29, 0.717) is 43.7 Å². The van der Waals surface area contributed by atoms with Crippen molar-refractivity contribution in [2.24, 2.45) is 5.41 Å². The number of carboxylic acids is 1. The van der Waals surface area contributed by atoms with Crippen molar-refractivity contribution in [3.05, 3.63) is 65.8 Å². The van der Waals surface area contributed by atoms with E-state index in [-0.39, 0.29) is 17.2 Å². The highest BCUT2D eigenvalue weighted by Crippen LogP contribution is 2.34. The largest absolute Gasteiger partial charge is 0.494 e. The van der Waals surface area contributed by atoms with Gasteiger partial charge < -0.3 is 9.84 Å². The lowest BCUT2D eigenvalue weighted by Crippen LogP contribution is -2.29. The third-order valence-corrected chi connectivity index (χ3v) is 5.45. The van der Waals surface area contributed by atoms with Gasteiger partial charge in [0.25, 0.3) is 0 Å². The number of hydrogen-bond acceptors (Lipinski definition) is 3. The number of ether oxygens (including phenoxy) is 1. The molecule has 1 heterocycles. The van der Waals surface area contributed by atoms with Gasteiger partial charge in [0.05, 0.1) is 23.4 Å². The average molecular weight is 434 g/mol. The first-order valence-corrected chi connectivity index (χ1v) is 10.1. The normalized spacial score (nSPS) is 17.8. The lowest BCUT2D eigenvalue weighted by Gasteiger charge is -2.26. The standard InChI is InChI=1S/C23H25F3N2O3/c24-14-19-20(15-25)28(21(16-26)27-19)17-6-8-18(9-7-17)31-13-5-4-12-23(22(29)30)10-2-1-3-11-23/h1-3,6-10H,4-5,11-16H2,(H,29,30). The predicted molar refractivity (Wildman–Crippen MR) is 110 cm³/mol. The van der Waals surface area contributed by atoms with Crippen LogP contribution in [-0.4, -0.2) is 27.2 Å². The molecule has 1 aromatic heterocycles. The maximum atomic E-state index is 13.4. The summed E-state index contributed by atoms with van der Waals surface area (Å²) in [5.41, 5.74) is -0.469. The molecule has 0 aliphatic heterocycles. The Morgan fingerprint density at radius 1 is 1.10 bits per heavy atom. The van der Waals surface area contributed by atoms with Gasteiger partial charge in [-0.3, -0.25) is 9.36 Å². The molecule has 2 aromatic rings. The zero-order valence-electron chi connectivity index (χ0n) is 17.1. The first-order chi connectivity index (χ1) is 15.0. The van der Waals surface area contributed by atoms with Crippen molar-refractivity contribution in [3.63, 3.8) is 0 Å². The Balaban J connectivity index is 1.56. The topological polar surface area (TPSA) is 64.3 Å². The van der Waals surface area contributed by atoms with Gasteiger partial charge in [0.1, 0.15) is 31.6 Å². The molecule has 1 atom stereocenters. The molecule has 0 spiro atoms. The first kappa shape index (κ1) is 22.7. The summed E-state index contributed by atoms with van der Waals surface area (Å²) in [6.07, 6.45) is 9.64. The number of imidazole rings is 1. The fourth-order valence-electron chi connectivity index (χ4n) is 3.73. The minimum atomic E-state index is -0.963. The summed E-state index contributed by atoms with van der Waals surface area (Å²) < 4.78 is 46.7. The monoisotopic (exact) mass is 434 g/mol. The van der Waals surface area contributed by atoms with Gasteiger partial charge in [-0.05, 0) is 49.9 Å². The van der Waals surface area contributed by atoms with E-state index in [4.69, 9.17) is 4.74 Å². The van der Waals surface area contributed by atoms with Crippen LogP contribution in [0.15, 0.2) is 48.6 Å². The molecule has 166 valence electrons. The molecule has 1 aromatic carbocycles. The summed E-state index contributed by atoms with van der Waals surface area (Å²) in [6, 6.07) is 6.61. The molecule has 5 nitrogen and oxygen atoms in total. The van der Waals surface area contributed by atoms with Crippen molar-refractivity contribution >= 4 is 5.97 Å². The molecule has 1 aliphatic carbocycles. The Bertz CT molecular complexity index is 954. The average Bonchev–Trinajstić information content (AvgIpc) is 3.17. The minimum Gasteiger partial charge on any atom is -0.494 e. The van der Waals surface area contributed by atoms with Gasteiger partial charge in [-0.25, -0.2) is 18.2 Å². The van der Waals surface area contributed by atoms with Crippen LogP contribution in [0.4, 0.5) is 13.2 Å². The van der Waals surface area contributed by atoms with Crippen molar-refractivity contribution < 1.29 is 27.8 Å². The van der Waals surface area contributed by atoms with Crippen LogP contribution in [-0.2, 0) is 24.8 Å². The van der Waals surface area contributed by atoms with Crippen LogP contribution < -0.4 is 4.74 Å². The highest BCUT2D eigenvalue weighted by atomic mass is 19.1. The molecule has 8 heteroatoms. The predicted octanol–water partition coefficient (Wildman–Crippen LogP) is 5.42. The number of halogens is 3. The number of nitrogens with zero attached hydrogens (tertiary/aromatic N) is 2. The third-order valence-electron chi connectivity index (χ3n) is 5.45. The number of alkyl halides is 3. The molecule has 3 rings (SSSR count). The number of carboxylic acid groups (broad SMARTS) is 1. The highest BCUT2D eigenvalue weighted by Gasteiger charge is 2.34. The Kier molecular flexibility index (Phi) is 7.55. The molecule has 0 amide bonds. The van der Waals surface area contributed by atoms with Gasteiger partial charge in [0.2, 0.25) is 0 Å². The van der Waals surface area contributed by atoms with E-state index in [2.05, 4.69) is 4.98 Å². The van der Waals surface area contributed by atoms with Crippen LogP contribution in [0.5, 0.6) is 5.75 Å². The maximum absolute atomic E-state index is 13.4. The minimum absolute atomic E-state index is 0.00258. The quantitative estimate of drug-likeness (QED) is 0.480. The molecule has 1 N–H and O–H groups in total. The van der Waals surface area contributed by atoms with Crippen molar-refractivity contribution in [3.8, 4) is 11.4 Å². The summed E-state index contributed by atoms with van der Waals surface area (Å²) in [5.74, 6) is -0.292. The number of carbonyl (C=O) groups is 1. The third kappa shape index (κ3) is 5.00. The Hall–Kier alpha value is -3.03. The summed E-state index contributed by atoms with van der Waals surface area (Å²) >= 11 is 0. The lowest BCUT2D eigenvalue weighted by molar-refractivity contribution is -0.146. The van der Waals surface area contributed by atoms with Gasteiger partial charge in [-0.15, -0.1) is 0 Å². The number of aromatic nitrogens is 2. The summed E-state index contributed by atoms with van der Waals surface area (Å²) in [6.45, 7) is -2.44. The van der Waals surface area contributed by atoms with E-state index in [9.17, 15) is 23.1 Å². The van der Waals surface area contributed by atoms with Crippen LogP contribution in [0.2, 0.25) is 0 Å². The molecule has 0 saturated heterocycles. The number of hydrogen-bond donors (Lipinski definition) is 1. The van der Waals surface area contributed by atoms with E-state index in [0.717, 1.165) is 0 Å². The molecule has 0 fully saturated rings. The number of unbranched alkanes of at least 4 members (excludes halogenated alkanes) is 1. The number of benzene rings is 1. The molecule has 0 radical (unpaired) electrons. The Labute approximate surface area is 178 Å². The molecule has 1 unspecified atom stereocenters. The van der Waals surface area contributed by atoms with Crippen LogP contribution in [0.1, 0.15) is 42.9 Å². The number of aliphatic carboxylic acids is 1. The van der Waals surface area contributed by atoms with Gasteiger partial charge in [-0.1, -0.05) is 24.3 Å². The molecule has 1 aliphatic rings. The molecular formula is C23H25F3N2O3. The van der Waals surface area contributed by atoms with E-state index in [1.54, 1.807) is 36.4 Å². The van der Waals surface area contributed by atoms with E-state index < -0.39 is 31.4 Å². The number of rotatable bonds is 11. The second-order valence-corrected chi connectivity index (χ2v) is 7.41. The van der Waals surface area contributed by atoms with Crippen molar-refractivity contribution in [2.45, 2.75) is 45.7 Å². The number of allylic oxidation sites excluding steroid dienone is 3. The van der Waals surface area contributed by atoms with Gasteiger partial charge in [0.15, 0.2) is 0 Å². The Morgan fingerprint density at radius 3 is 2.45 bits per heavy atom. The SMILES string of the molecule is O=C(O)C1(CCCCOc2ccc(-n3c(CF)nc(CF)c3CF)cc2)C=CC=CC1. The van der Waals surface area contributed by atoms with Crippen LogP contribution in [0.25, 0.3) is 5.69 Å². The fraction of sp³-hybridized carbons (Fsp3) is 0.391. The van der Waals surface area contributed by atoms with Crippen molar-refractivity contribution in [1.82, 2.24) is 9.55 Å². The molecule has 0 saturated carbocycles. The molecule has 0 bridgehead atoms.